The second kappa shape index (κ2) is 7.43. The zero-order valence-corrected chi connectivity index (χ0v) is 17.5. The van der Waals surface area contributed by atoms with Crippen molar-refractivity contribution in [1.29, 1.82) is 5.26 Å². The standard InChI is InChI=1S/C26H22ClNO/c1-17-13-18(2)24(19(3)14-17)25-26(16-28,21-9-11-22(27)12-10-21)15-23(29-25)20-7-5-4-6-8-20/h4-15,25H,1-3H3/t25-,26-/m1/s1. The van der Waals surface area contributed by atoms with Gasteiger partial charge < -0.3 is 4.74 Å². The number of benzene rings is 3. The fraction of sp³-hybridized carbons (Fsp3) is 0.192. The fourth-order valence-electron chi connectivity index (χ4n) is 4.30. The summed E-state index contributed by atoms with van der Waals surface area (Å²) >= 11 is 6.12. The van der Waals surface area contributed by atoms with Gasteiger partial charge in [0.25, 0.3) is 0 Å². The van der Waals surface area contributed by atoms with E-state index < -0.39 is 11.5 Å². The highest BCUT2D eigenvalue weighted by molar-refractivity contribution is 6.30. The van der Waals surface area contributed by atoms with Crippen LogP contribution in [0.15, 0.2) is 72.8 Å². The molecule has 0 aliphatic carbocycles. The third-order valence-corrected chi connectivity index (χ3v) is 5.83. The maximum atomic E-state index is 10.5. The molecule has 3 heteroatoms. The highest BCUT2D eigenvalue weighted by atomic mass is 35.5. The van der Waals surface area contributed by atoms with E-state index in [-0.39, 0.29) is 0 Å². The summed E-state index contributed by atoms with van der Waals surface area (Å²) < 4.78 is 6.53. The largest absolute Gasteiger partial charge is 0.483 e. The normalized spacial score (nSPS) is 20.7. The highest BCUT2D eigenvalue weighted by Gasteiger charge is 2.48. The van der Waals surface area contributed by atoms with Crippen molar-refractivity contribution in [3.05, 3.63) is 111 Å². The summed E-state index contributed by atoms with van der Waals surface area (Å²) in [5.74, 6) is 0.728. The number of hydrogen-bond acceptors (Lipinski definition) is 2. The Morgan fingerprint density at radius 2 is 1.55 bits per heavy atom. The first-order valence-corrected chi connectivity index (χ1v) is 10.0. The minimum absolute atomic E-state index is 0.440. The molecule has 0 saturated carbocycles. The molecule has 0 amide bonds. The zero-order chi connectivity index (χ0) is 20.6. The maximum Gasteiger partial charge on any atom is 0.151 e. The van der Waals surface area contributed by atoms with Gasteiger partial charge in [-0.2, -0.15) is 5.26 Å². The van der Waals surface area contributed by atoms with Crippen LogP contribution in [0.4, 0.5) is 0 Å². The third kappa shape index (κ3) is 3.33. The minimum Gasteiger partial charge on any atom is -0.483 e. The summed E-state index contributed by atoms with van der Waals surface area (Å²) in [6, 6.07) is 24.3. The lowest BCUT2D eigenvalue weighted by Crippen LogP contribution is -2.29. The van der Waals surface area contributed by atoms with Gasteiger partial charge >= 0.3 is 0 Å². The lowest BCUT2D eigenvalue weighted by atomic mass is 9.73. The molecular weight excluding hydrogens is 378 g/mol. The summed E-state index contributed by atoms with van der Waals surface area (Å²) in [6.07, 6.45) is 1.53. The van der Waals surface area contributed by atoms with Gasteiger partial charge in [0.2, 0.25) is 0 Å². The number of ether oxygens (including phenoxy) is 1. The zero-order valence-electron chi connectivity index (χ0n) is 16.7. The molecule has 0 spiro atoms. The number of nitriles is 1. The SMILES string of the molecule is Cc1cc(C)c([C@H]2OC(c3ccccc3)=C[C@@]2(C#N)c2ccc(Cl)cc2)c(C)c1. The van der Waals surface area contributed by atoms with Crippen molar-refractivity contribution >= 4 is 17.4 Å². The maximum absolute atomic E-state index is 10.5. The van der Waals surface area contributed by atoms with Crippen LogP contribution in [0.2, 0.25) is 5.02 Å². The quantitative estimate of drug-likeness (QED) is 0.483. The van der Waals surface area contributed by atoms with Crippen LogP contribution in [-0.4, -0.2) is 0 Å². The van der Waals surface area contributed by atoms with Crippen LogP contribution in [0.5, 0.6) is 0 Å². The van der Waals surface area contributed by atoms with E-state index in [1.165, 1.54) is 5.56 Å². The van der Waals surface area contributed by atoms with Gasteiger partial charge in [-0.3, -0.25) is 0 Å². The van der Waals surface area contributed by atoms with Gasteiger partial charge in [-0.15, -0.1) is 0 Å². The summed E-state index contributed by atoms with van der Waals surface area (Å²) in [4.78, 5) is 0. The van der Waals surface area contributed by atoms with Crippen molar-refractivity contribution in [2.24, 2.45) is 0 Å². The Labute approximate surface area is 177 Å². The molecule has 1 aliphatic rings. The van der Waals surface area contributed by atoms with Gasteiger partial charge in [0.1, 0.15) is 11.2 Å². The molecule has 2 nitrogen and oxygen atoms in total. The van der Waals surface area contributed by atoms with Crippen molar-refractivity contribution in [3.63, 3.8) is 0 Å². The molecular formula is C26H22ClNO. The lowest BCUT2D eigenvalue weighted by Gasteiger charge is -2.30. The average Bonchev–Trinajstić information content (AvgIpc) is 3.09. The number of halogens is 1. The van der Waals surface area contributed by atoms with Gasteiger partial charge in [0, 0.05) is 16.1 Å². The summed E-state index contributed by atoms with van der Waals surface area (Å²) in [6.45, 7) is 6.26. The van der Waals surface area contributed by atoms with E-state index >= 15 is 0 Å². The fourth-order valence-corrected chi connectivity index (χ4v) is 4.42. The molecule has 0 radical (unpaired) electrons. The molecule has 0 bridgehead atoms. The lowest BCUT2D eigenvalue weighted by molar-refractivity contribution is 0.153. The molecule has 0 saturated heterocycles. The van der Waals surface area contributed by atoms with E-state index in [0.29, 0.717) is 5.02 Å². The van der Waals surface area contributed by atoms with Crippen molar-refractivity contribution in [1.82, 2.24) is 0 Å². The topological polar surface area (TPSA) is 33.0 Å². The Morgan fingerprint density at radius 1 is 0.931 bits per heavy atom. The van der Waals surface area contributed by atoms with E-state index in [1.807, 2.05) is 60.7 Å². The first-order valence-electron chi connectivity index (χ1n) is 9.64. The first-order chi connectivity index (χ1) is 13.9. The third-order valence-electron chi connectivity index (χ3n) is 5.58. The van der Waals surface area contributed by atoms with Crippen molar-refractivity contribution < 1.29 is 4.74 Å². The Morgan fingerprint density at radius 3 is 2.14 bits per heavy atom. The van der Waals surface area contributed by atoms with E-state index in [0.717, 1.165) is 33.6 Å². The van der Waals surface area contributed by atoms with Crippen molar-refractivity contribution in [2.75, 3.05) is 0 Å². The molecule has 0 aromatic heterocycles. The molecule has 3 aromatic rings. The van der Waals surface area contributed by atoms with Crippen LogP contribution in [0.25, 0.3) is 5.76 Å². The molecule has 3 aromatic carbocycles. The van der Waals surface area contributed by atoms with Gasteiger partial charge in [0.05, 0.1) is 6.07 Å². The van der Waals surface area contributed by atoms with Crippen LogP contribution in [0.1, 0.15) is 39.5 Å². The van der Waals surface area contributed by atoms with E-state index in [2.05, 4.69) is 39.0 Å². The molecule has 2 atom stereocenters. The van der Waals surface area contributed by atoms with Crippen LogP contribution >= 0.6 is 11.6 Å². The molecule has 1 aliphatic heterocycles. The summed E-state index contributed by atoms with van der Waals surface area (Å²) in [5.41, 5.74) is 5.42. The van der Waals surface area contributed by atoms with Crippen LogP contribution < -0.4 is 0 Å². The number of hydrogen-bond donors (Lipinski definition) is 0. The number of rotatable bonds is 3. The molecule has 0 N–H and O–H groups in total. The van der Waals surface area contributed by atoms with Crippen LogP contribution in [0, 0.1) is 32.1 Å². The molecule has 0 fully saturated rings. The Balaban J connectivity index is 1.95. The van der Waals surface area contributed by atoms with E-state index in [9.17, 15) is 5.26 Å². The summed E-state index contributed by atoms with van der Waals surface area (Å²) in [7, 11) is 0. The van der Waals surface area contributed by atoms with E-state index in [4.69, 9.17) is 16.3 Å². The minimum atomic E-state index is -0.944. The number of aryl methyl sites for hydroxylation is 3. The Bertz CT molecular complexity index is 1100. The monoisotopic (exact) mass is 399 g/mol. The predicted molar refractivity (Wildman–Crippen MR) is 118 cm³/mol. The Hall–Kier alpha value is -3.02. The molecule has 4 rings (SSSR count). The molecule has 29 heavy (non-hydrogen) atoms. The van der Waals surface area contributed by atoms with E-state index in [1.54, 1.807) is 0 Å². The number of nitrogens with zero attached hydrogens (tertiary/aromatic N) is 1. The van der Waals surface area contributed by atoms with Crippen molar-refractivity contribution in [2.45, 2.75) is 32.3 Å². The van der Waals surface area contributed by atoms with Gasteiger partial charge in [-0.1, -0.05) is 71.8 Å². The van der Waals surface area contributed by atoms with Gasteiger partial charge in [-0.25, -0.2) is 0 Å². The predicted octanol–water partition coefficient (Wildman–Crippen LogP) is 6.84. The smallest absolute Gasteiger partial charge is 0.151 e. The molecule has 144 valence electrons. The molecule has 1 heterocycles. The van der Waals surface area contributed by atoms with Crippen LogP contribution in [-0.2, 0) is 10.2 Å². The highest BCUT2D eigenvalue weighted by Crippen LogP contribution is 2.51. The second-order valence-corrected chi connectivity index (χ2v) is 8.11. The van der Waals surface area contributed by atoms with Gasteiger partial charge in [-0.05, 0) is 55.7 Å². The molecule has 0 unspecified atom stereocenters. The average molecular weight is 400 g/mol. The van der Waals surface area contributed by atoms with Gasteiger partial charge in [0.15, 0.2) is 6.10 Å². The van der Waals surface area contributed by atoms with Crippen molar-refractivity contribution in [3.8, 4) is 6.07 Å². The summed E-state index contributed by atoms with van der Waals surface area (Å²) in [5, 5.41) is 11.1. The second-order valence-electron chi connectivity index (χ2n) is 7.67. The van der Waals surface area contributed by atoms with Crippen LogP contribution in [0.3, 0.4) is 0 Å². The first kappa shape index (κ1) is 19.3. The Kier molecular flexibility index (Phi) is 4.94.